The maximum Gasteiger partial charge on any atom is 0.0502 e. The lowest BCUT2D eigenvalue weighted by atomic mass is 9.26. The zero-order valence-corrected chi connectivity index (χ0v) is 37.0. The summed E-state index contributed by atoms with van der Waals surface area (Å²) in [6.07, 6.45) is 10.6. The van der Waals surface area contributed by atoms with E-state index in [2.05, 4.69) is 175 Å². The van der Waals surface area contributed by atoms with E-state index in [-0.39, 0.29) is 27.1 Å². The topological polar surface area (TPSA) is 3.24 Å². The van der Waals surface area contributed by atoms with Crippen molar-refractivity contribution in [1.29, 1.82) is 0 Å². The van der Waals surface area contributed by atoms with Crippen molar-refractivity contribution in [3.63, 3.8) is 0 Å². The summed E-state index contributed by atoms with van der Waals surface area (Å²) in [4.78, 5) is 5.75. The average molecular weight is 780 g/mol. The lowest BCUT2D eigenvalue weighted by Gasteiger charge is -2.78. The van der Waals surface area contributed by atoms with Crippen LogP contribution in [0.4, 0.5) is 17.1 Å². The summed E-state index contributed by atoms with van der Waals surface area (Å²) in [6.45, 7) is 20.0. The Morgan fingerprint density at radius 3 is 1.76 bits per heavy atom. The van der Waals surface area contributed by atoms with E-state index in [1.807, 2.05) is 0 Å². The molecule has 7 aliphatic rings. The van der Waals surface area contributed by atoms with E-state index in [0.29, 0.717) is 5.41 Å². The van der Waals surface area contributed by atoms with Gasteiger partial charge in [0.05, 0.1) is 11.4 Å². The van der Waals surface area contributed by atoms with Crippen molar-refractivity contribution >= 4 is 28.8 Å². The maximum absolute atomic E-state index is 2.76. The predicted octanol–water partition coefficient (Wildman–Crippen LogP) is 15.3. The van der Waals surface area contributed by atoms with Crippen LogP contribution in [0.1, 0.15) is 140 Å². The molecule has 6 atom stereocenters. The van der Waals surface area contributed by atoms with Gasteiger partial charge in [-0.05, 0) is 177 Å². The molecule has 12 rings (SSSR count). The third-order valence-electron chi connectivity index (χ3n) is 18.0. The van der Waals surface area contributed by atoms with Gasteiger partial charge in [0.25, 0.3) is 0 Å². The Labute approximate surface area is 352 Å². The van der Waals surface area contributed by atoms with Crippen molar-refractivity contribution in [3.8, 4) is 11.1 Å². The molecule has 1 aliphatic heterocycles. The van der Waals surface area contributed by atoms with Gasteiger partial charge in [-0.2, -0.15) is 0 Å². The summed E-state index contributed by atoms with van der Waals surface area (Å²) in [5.41, 5.74) is 17.4. The van der Waals surface area contributed by atoms with Gasteiger partial charge in [0, 0.05) is 20.9 Å². The van der Waals surface area contributed by atoms with Crippen LogP contribution in [0.2, 0.25) is 0 Å². The lowest BCUT2D eigenvalue weighted by Crippen LogP contribution is -2.74. The van der Waals surface area contributed by atoms with Gasteiger partial charge < -0.3 is 4.90 Å². The average Bonchev–Trinajstić information content (AvgIpc) is 3.74. The number of benzene rings is 5. The quantitative estimate of drug-likeness (QED) is 0.179. The zero-order chi connectivity index (χ0) is 39.8. The second-order valence-corrected chi connectivity index (χ2v) is 23.7. The molecule has 0 amide bonds. The number of hydrogen-bond donors (Lipinski definition) is 0. The summed E-state index contributed by atoms with van der Waals surface area (Å²) < 4.78 is 0. The molecule has 1 nitrogen and oxygen atoms in total. The summed E-state index contributed by atoms with van der Waals surface area (Å²) >= 11 is 2.07. The van der Waals surface area contributed by atoms with Crippen molar-refractivity contribution in [2.75, 3.05) is 4.90 Å². The maximum atomic E-state index is 2.76. The first-order valence-corrected chi connectivity index (χ1v) is 23.6. The normalized spacial score (nSPS) is 31.5. The second-order valence-electron chi connectivity index (χ2n) is 22.7. The summed E-state index contributed by atoms with van der Waals surface area (Å²) in [6, 6.07) is 41.1. The van der Waals surface area contributed by atoms with Crippen LogP contribution in [0, 0.1) is 29.1 Å². The van der Waals surface area contributed by atoms with Crippen LogP contribution in [0.15, 0.2) is 113 Å². The third-order valence-corrected chi connectivity index (χ3v) is 19.2. The van der Waals surface area contributed by atoms with Gasteiger partial charge >= 0.3 is 0 Å². The molecule has 2 heteroatoms. The standard InChI is InChI=1S/C56H61NS/c1-51(2)25-27-53(5,6)49-40(51)18-13-20-42(49)57(43-21-14-19-41-50(43)54(7,8)28-26-52(41,3)4)37-23-24-39-45(32-37)58-44-22-12-17-38(35-15-10-9-11-16-35)48(44)56(39)46-30-34-29-36-31-47(56)55(36,46)33-34/h9-24,32,34,36,46-47H,25-31,33H2,1-8H3. The van der Waals surface area contributed by atoms with E-state index in [1.165, 1.54) is 100 Å². The minimum absolute atomic E-state index is 0.0614. The molecule has 5 aromatic rings. The van der Waals surface area contributed by atoms with Crippen molar-refractivity contribution < 1.29 is 0 Å². The number of rotatable bonds is 4. The van der Waals surface area contributed by atoms with Crippen molar-refractivity contribution in [2.45, 2.75) is 144 Å². The van der Waals surface area contributed by atoms with Crippen molar-refractivity contribution in [2.24, 2.45) is 29.1 Å². The first kappa shape index (κ1) is 36.1. The zero-order valence-electron chi connectivity index (χ0n) is 36.1. The monoisotopic (exact) mass is 779 g/mol. The number of anilines is 3. The Kier molecular flexibility index (Phi) is 7.19. The Morgan fingerprint density at radius 1 is 0.517 bits per heavy atom. The highest BCUT2D eigenvalue weighted by atomic mass is 32.2. The molecule has 4 saturated carbocycles. The van der Waals surface area contributed by atoms with E-state index in [4.69, 9.17) is 0 Å². The van der Waals surface area contributed by atoms with Gasteiger partial charge in [-0.15, -0.1) is 0 Å². The van der Waals surface area contributed by atoms with E-state index in [9.17, 15) is 0 Å². The van der Waals surface area contributed by atoms with Gasteiger partial charge in [0.2, 0.25) is 0 Å². The summed E-state index contributed by atoms with van der Waals surface area (Å²) in [7, 11) is 0. The molecule has 296 valence electrons. The number of hydrogen-bond acceptors (Lipinski definition) is 2. The van der Waals surface area contributed by atoms with E-state index < -0.39 is 0 Å². The lowest BCUT2D eigenvalue weighted by molar-refractivity contribution is -0.234. The van der Waals surface area contributed by atoms with E-state index >= 15 is 0 Å². The second kappa shape index (κ2) is 11.5. The smallest absolute Gasteiger partial charge is 0.0502 e. The molecule has 4 fully saturated rings. The molecule has 2 bridgehead atoms. The van der Waals surface area contributed by atoms with Gasteiger partial charge in [0.1, 0.15) is 0 Å². The fourth-order valence-corrected chi connectivity index (χ4v) is 16.7. The fourth-order valence-electron chi connectivity index (χ4n) is 15.4. The van der Waals surface area contributed by atoms with Crippen LogP contribution in [0.5, 0.6) is 0 Å². The first-order chi connectivity index (χ1) is 27.7. The fraction of sp³-hybridized carbons (Fsp3) is 0.464. The van der Waals surface area contributed by atoms with Gasteiger partial charge in [-0.3, -0.25) is 0 Å². The van der Waals surface area contributed by atoms with E-state index in [0.717, 1.165) is 23.7 Å². The van der Waals surface area contributed by atoms with E-state index in [1.54, 1.807) is 22.3 Å². The molecule has 0 N–H and O–H groups in total. The minimum atomic E-state index is 0.0614. The molecular weight excluding hydrogens is 719 g/mol. The van der Waals surface area contributed by atoms with Crippen LogP contribution >= 0.6 is 11.8 Å². The van der Waals surface area contributed by atoms with Crippen molar-refractivity contribution in [3.05, 3.63) is 137 Å². The highest BCUT2D eigenvalue weighted by Crippen LogP contribution is 2.89. The molecule has 6 aliphatic carbocycles. The first-order valence-electron chi connectivity index (χ1n) is 22.8. The van der Waals surface area contributed by atoms with Crippen LogP contribution in [0.3, 0.4) is 0 Å². The largest absolute Gasteiger partial charge is 0.310 e. The van der Waals surface area contributed by atoms with Crippen LogP contribution in [-0.2, 0) is 27.1 Å². The summed E-state index contributed by atoms with van der Waals surface area (Å²) in [5, 5.41) is 0. The molecule has 0 saturated heterocycles. The molecule has 58 heavy (non-hydrogen) atoms. The minimum Gasteiger partial charge on any atom is -0.310 e. The predicted molar refractivity (Wildman–Crippen MR) is 243 cm³/mol. The Hall–Kier alpha value is -3.75. The van der Waals surface area contributed by atoms with Crippen molar-refractivity contribution in [1.82, 2.24) is 0 Å². The van der Waals surface area contributed by atoms with Gasteiger partial charge in [0.15, 0.2) is 0 Å². The number of nitrogens with zero attached hydrogens (tertiary/aromatic N) is 1. The Balaban J connectivity index is 1.11. The van der Waals surface area contributed by atoms with Gasteiger partial charge in [-0.1, -0.05) is 140 Å². The molecule has 0 aromatic heterocycles. The molecule has 2 spiro atoms. The summed E-state index contributed by atoms with van der Waals surface area (Å²) in [5.74, 6) is 3.39. The Morgan fingerprint density at radius 2 is 1.12 bits per heavy atom. The molecule has 5 aromatic carbocycles. The van der Waals surface area contributed by atoms with Gasteiger partial charge in [-0.25, -0.2) is 0 Å². The van der Waals surface area contributed by atoms with Crippen LogP contribution < -0.4 is 4.90 Å². The molecule has 0 radical (unpaired) electrons. The van der Waals surface area contributed by atoms with Crippen LogP contribution in [0.25, 0.3) is 11.1 Å². The molecular formula is C56H61NS. The Bertz CT molecular complexity index is 2480. The molecule has 1 heterocycles. The van der Waals surface area contributed by atoms with Crippen LogP contribution in [-0.4, -0.2) is 0 Å². The highest BCUT2D eigenvalue weighted by Gasteiger charge is 2.84. The third kappa shape index (κ3) is 4.42. The molecule has 6 unspecified atom stereocenters. The SMILES string of the molecule is CC1(C)CCC(C)(C)c2c(N(c3ccc4c(c3)Sc3cccc(-c5ccccc5)c3C43C4CC5CC6CC3C64C5)c3cccc4c3C(C)(C)CCC4(C)C)cccc21. The number of fused-ring (bicyclic) bond motifs is 9. The highest BCUT2D eigenvalue weighted by molar-refractivity contribution is 7.99.